The smallest absolute Gasteiger partial charge is 0.291 e. The van der Waals surface area contributed by atoms with Gasteiger partial charge in [-0.1, -0.05) is 0 Å². The Labute approximate surface area is 169 Å². The normalized spacial score (nSPS) is 14.1. The molecule has 4 N–H and O–H groups in total. The standard InChI is InChI=1S/C22H14N2O6/c25-13-8-16(26)20-18(9-13)30-19(21(20)27)6-11-10-23-15-4-3-12(7-14(11)15)24-22(28)17-2-1-5-29-17/h1-10,23,25-26H,(H,24,28). The number of hydrogen-bond acceptors (Lipinski definition) is 6. The van der Waals surface area contributed by atoms with E-state index in [1.807, 2.05) is 0 Å². The average Bonchev–Trinajstić information content (AvgIpc) is 3.43. The molecule has 8 nitrogen and oxygen atoms in total. The van der Waals surface area contributed by atoms with Gasteiger partial charge in [0, 0.05) is 40.5 Å². The predicted octanol–water partition coefficient (Wildman–Crippen LogP) is 4.04. The summed E-state index contributed by atoms with van der Waals surface area (Å²) in [4.78, 5) is 27.9. The number of aromatic nitrogens is 1. The van der Waals surface area contributed by atoms with Crippen LogP contribution < -0.4 is 10.1 Å². The number of fused-ring (bicyclic) bond motifs is 2. The van der Waals surface area contributed by atoms with E-state index in [0.29, 0.717) is 11.3 Å². The summed E-state index contributed by atoms with van der Waals surface area (Å²) in [5, 5.41) is 23.1. The summed E-state index contributed by atoms with van der Waals surface area (Å²) < 4.78 is 10.6. The van der Waals surface area contributed by atoms with E-state index in [-0.39, 0.29) is 40.2 Å². The third-order valence-corrected chi connectivity index (χ3v) is 4.74. The fourth-order valence-corrected chi connectivity index (χ4v) is 3.36. The molecule has 1 aliphatic heterocycles. The van der Waals surface area contributed by atoms with Gasteiger partial charge in [-0.25, -0.2) is 0 Å². The van der Waals surface area contributed by atoms with Crippen LogP contribution in [0.3, 0.4) is 0 Å². The first-order chi connectivity index (χ1) is 14.5. The summed E-state index contributed by atoms with van der Waals surface area (Å²) in [5.41, 5.74) is 2.00. The summed E-state index contributed by atoms with van der Waals surface area (Å²) in [5.74, 6) is -1.12. The monoisotopic (exact) mass is 402 g/mol. The number of rotatable bonds is 3. The number of phenolic OH excluding ortho intramolecular Hbond substituents is 2. The first-order valence-corrected chi connectivity index (χ1v) is 8.96. The molecule has 148 valence electrons. The Morgan fingerprint density at radius 2 is 2.00 bits per heavy atom. The van der Waals surface area contributed by atoms with Crippen molar-refractivity contribution in [3.8, 4) is 17.2 Å². The molecule has 0 radical (unpaired) electrons. The number of hydrogen-bond donors (Lipinski definition) is 4. The van der Waals surface area contributed by atoms with Gasteiger partial charge in [0.2, 0.25) is 5.78 Å². The third-order valence-electron chi connectivity index (χ3n) is 4.74. The zero-order chi connectivity index (χ0) is 20.8. The van der Waals surface area contributed by atoms with Gasteiger partial charge in [-0.05, 0) is 36.4 Å². The maximum atomic E-state index is 12.6. The number of nitrogens with one attached hydrogen (secondary N) is 2. The van der Waals surface area contributed by atoms with Gasteiger partial charge in [-0.2, -0.15) is 0 Å². The fraction of sp³-hybridized carbons (Fsp3) is 0. The SMILES string of the molecule is O=C(Nc1ccc2[nH]cc(C=C3Oc4cc(O)cc(O)c4C3=O)c2c1)c1ccco1. The number of furan rings is 1. The van der Waals surface area contributed by atoms with Crippen LogP contribution in [0, 0.1) is 0 Å². The van der Waals surface area contributed by atoms with Gasteiger partial charge in [-0.3, -0.25) is 9.59 Å². The molecule has 0 saturated heterocycles. The molecule has 0 fully saturated rings. The maximum Gasteiger partial charge on any atom is 0.291 e. The second kappa shape index (κ2) is 6.56. The van der Waals surface area contributed by atoms with Crippen LogP contribution in [0.1, 0.15) is 26.5 Å². The summed E-state index contributed by atoms with van der Waals surface area (Å²) >= 11 is 0. The highest BCUT2D eigenvalue weighted by atomic mass is 16.5. The number of phenols is 2. The number of Topliss-reactive ketones (excluding diaryl/α,β-unsaturated/α-hetero) is 1. The number of allylic oxidation sites excluding steroid dienone is 1. The molecule has 1 aliphatic rings. The maximum absolute atomic E-state index is 12.6. The van der Waals surface area contributed by atoms with Crippen molar-refractivity contribution in [1.29, 1.82) is 0 Å². The molecule has 8 heteroatoms. The second-order valence-corrected chi connectivity index (χ2v) is 6.71. The Balaban J connectivity index is 1.49. The van der Waals surface area contributed by atoms with Crippen molar-refractivity contribution in [3.05, 3.63) is 77.6 Å². The van der Waals surface area contributed by atoms with Crippen molar-refractivity contribution >= 4 is 34.4 Å². The number of amides is 1. The van der Waals surface area contributed by atoms with E-state index in [1.165, 1.54) is 18.4 Å². The van der Waals surface area contributed by atoms with E-state index in [1.54, 1.807) is 36.5 Å². The molecule has 0 spiro atoms. The summed E-state index contributed by atoms with van der Waals surface area (Å²) in [7, 11) is 0. The van der Waals surface area contributed by atoms with Crippen molar-refractivity contribution in [3.63, 3.8) is 0 Å². The number of aromatic amines is 1. The number of benzene rings is 2. The Hall–Kier alpha value is -4.46. The third kappa shape index (κ3) is 2.87. The highest BCUT2D eigenvalue weighted by Gasteiger charge is 2.31. The van der Waals surface area contributed by atoms with E-state index in [0.717, 1.165) is 17.0 Å². The number of H-pyrrole nitrogens is 1. The molecular weight excluding hydrogens is 388 g/mol. The second-order valence-electron chi connectivity index (χ2n) is 6.71. The van der Waals surface area contributed by atoms with Crippen molar-refractivity contribution < 1.29 is 29.0 Å². The first-order valence-electron chi connectivity index (χ1n) is 8.96. The Kier molecular flexibility index (Phi) is 3.85. The Morgan fingerprint density at radius 1 is 1.13 bits per heavy atom. The van der Waals surface area contributed by atoms with Crippen LogP contribution in [0.2, 0.25) is 0 Å². The topological polar surface area (TPSA) is 125 Å². The molecule has 0 aliphatic carbocycles. The van der Waals surface area contributed by atoms with E-state index in [2.05, 4.69) is 10.3 Å². The molecule has 0 bridgehead atoms. The van der Waals surface area contributed by atoms with Crippen LogP contribution in [0.5, 0.6) is 17.2 Å². The molecule has 0 atom stereocenters. The summed E-state index contributed by atoms with van der Waals surface area (Å²) in [6.45, 7) is 0. The summed E-state index contributed by atoms with van der Waals surface area (Å²) in [6.07, 6.45) is 4.66. The molecule has 1 amide bonds. The van der Waals surface area contributed by atoms with E-state index in [9.17, 15) is 19.8 Å². The van der Waals surface area contributed by atoms with E-state index < -0.39 is 5.78 Å². The van der Waals surface area contributed by atoms with Crippen molar-refractivity contribution in [2.24, 2.45) is 0 Å². The van der Waals surface area contributed by atoms with Crippen LogP contribution in [-0.4, -0.2) is 26.9 Å². The molecule has 4 aromatic rings. The lowest BCUT2D eigenvalue weighted by Crippen LogP contribution is -2.10. The number of aromatic hydroxyl groups is 2. The van der Waals surface area contributed by atoms with Crippen molar-refractivity contribution in [2.45, 2.75) is 0 Å². The molecule has 5 rings (SSSR count). The lowest BCUT2D eigenvalue weighted by Gasteiger charge is -2.04. The molecule has 30 heavy (non-hydrogen) atoms. The van der Waals surface area contributed by atoms with Crippen LogP contribution in [-0.2, 0) is 0 Å². The Morgan fingerprint density at radius 3 is 2.80 bits per heavy atom. The first kappa shape index (κ1) is 17.6. The molecule has 2 aromatic heterocycles. The molecule has 2 aromatic carbocycles. The molecular formula is C22H14N2O6. The fourth-order valence-electron chi connectivity index (χ4n) is 3.36. The van der Waals surface area contributed by atoms with Crippen LogP contribution in [0.4, 0.5) is 5.69 Å². The largest absolute Gasteiger partial charge is 0.508 e. The van der Waals surface area contributed by atoms with Crippen molar-refractivity contribution in [2.75, 3.05) is 5.32 Å². The number of carbonyl (C=O) groups is 2. The zero-order valence-electron chi connectivity index (χ0n) is 15.3. The Bertz CT molecular complexity index is 1350. The predicted molar refractivity (Wildman–Crippen MR) is 108 cm³/mol. The van der Waals surface area contributed by atoms with Gasteiger partial charge in [0.1, 0.15) is 22.8 Å². The molecule has 3 heterocycles. The number of ether oxygens (including phenoxy) is 1. The highest BCUT2D eigenvalue weighted by molar-refractivity contribution is 6.17. The summed E-state index contributed by atoms with van der Waals surface area (Å²) in [6, 6.07) is 10.8. The van der Waals surface area contributed by atoms with Crippen LogP contribution in [0.25, 0.3) is 17.0 Å². The van der Waals surface area contributed by atoms with Crippen LogP contribution >= 0.6 is 0 Å². The molecule has 0 saturated carbocycles. The lowest BCUT2D eigenvalue weighted by atomic mass is 10.1. The minimum absolute atomic E-state index is 0.00490. The number of anilines is 1. The molecule has 0 unspecified atom stereocenters. The van der Waals surface area contributed by atoms with Gasteiger partial charge >= 0.3 is 0 Å². The van der Waals surface area contributed by atoms with E-state index >= 15 is 0 Å². The van der Waals surface area contributed by atoms with E-state index in [4.69, 9.17) is 9.15 Å². The van der Waals surface area contributed by atoms with Crippen molar-refractivity contribution in [1.82, 2.24) is 4.98 Å². The van der Waals surface area contributed by atoms with Gasteiger partial charge in [0.15, 0.2) is 11.5 Å². The van der Waals surface area contributed by atoms with Crippen LogP contribution in [0.15, 0.2) is 65.1 Å². The van der Waals surface area contributed by atoms with Gasteiger partial charge < -0.3 is 29.7 Å². The number of ketones is 1. The highest BCUT2D eigenvalue weighted by Crippen LogP contribution is 2.41. The van der Waals surface area contributed by atoms with Gasteiger partial charge in [-0.15, -0.1) is 0 Å². The number of carbonyl (C=O) groups excluding carboxylic acids is 2. The minimum atomic E-state index is -0.487. The quantitative estimate of drug-likeness (QED) is 0.383. The lowest BCUT2D eigenvalue weighted by molar-refractivity contribution is 0.0993. The average molecular weight is 402 g/mol. The van der Waals surface area contributed by atoms with Gasteiger partial charge in [0.05, 0.1) is 6.26 Å². The van der Waals surface area contributed by atoms with Gasteiger partial charge in [0.25, 0.3) is 5.91 Å². The zero-order valence-corrected chi connectivity index (χ0v) is 15.3. The minimum Gasteiger partial charge on any atom is -0.508 e.